The molecule has 1 rings (SSSR count). The first-order valence-corrected chi connectivity index (χ1v) is 4.42. The molecule has 0 aromatic carbocycles. The second kappa shape index (κ2) is 4.70. The third-order valence-electron chi connectivity index (χ3n) is 2.03. The molecule has 1 aliphatic heterocycles. The van der Waals surface area contributed by atoms with Gasteiger partial charge in [0.1, 0.15) is 6.10 Å². The van der Waals surface area contributed by atoms with Crippen molar-refractivity contribution < 1.29 is 29.6 Å². The van der Waals surface area contributed by atoms with Crippen LogP contribution in [0.5, 0.6) is 0 Å². The fraction of sp³-hybridized carbons (Fsp3) is 0.875. The van der Waals surface area contributed by atoms with Crippen LogP contribution >= 0.6 is 0 Å². The van der Waals surface area contributed by atoms with Gasteiger partial charge < -0.3 is 24.8 Å². The van der Waals surface area contributed by atoms with Crippen LogP contribution in [0.4, 0.5) is 0 Å². The number of carbonyl (C=O) groups is 1. The highest BCUT2D eigenvalue weighted by Crippen LogP contribution is 2.21. The maximum atomic E-state index is 10.6. The van der Waals surface area contributed by atoms with E-state index in [0.29, 0.717) is 0 Å². The molecule has 6 heteroatoms. The van der Waals surface area contributed by atoms with Gasteiger partial charge in [-0.05, 0) is 6.92 Å². The van der Waals surface area contributed by atoms with Crippen LogP contribution in [0.2, 0.25) is 0 Å². The van der Waals surface area contributed by atoms with Gasteiger partial charge >= 0.3 is 5.97 Å². The zero-order valence-electron chi connectivity index (χ0n) is 7.79. The smallest absolute Gasteiger partial charge is 0.333 e. The lowest BCUT2D eigenvalue weighted by atomic mass is 10.0. The average molecular weight is 206 g/mol. The van der Waals surface area contributed by atoms with Crippen LogP contribution in [-0.4, -0.2) is 52.5 Å². The monoisotopic (exact) mass is 206 g/mol. The lowest BCUT2D eigenvalue weighted by Crippen LogP contribution is -2.51. The minimum atomic E-state index is -1.19. The Morgan fingerprint density at radius 1 is 1.57 bits per heavy atom. The van der Waals surface area contributed by atoms with E-state index in [9.17, 15) is 15.0 Å². The number of aliphatic hydroxyl groups is 2. The Hall–Kier alpha value is -0.690. The van der Waals surface area contributed by atoms with Crippen molar-refractivity contribution in [2.24, 2.45) is 0 Å². The Labute approximate surface area is 81.1 Å². The molecule has 82 valence electrons. The van der Waals surface area contributed by atoms with Crippen LogP contribution in [-0.2, 0) is 14.3 Å². The molecule has 0 aromatic rings. The zero-order chi connectivity index (χ0) is 10.7. The molecule has 0 bridgehead atoms. The van der Waals surface area contributed by atoms with E-state index >= 15 is 0 Å². The summed E-state index contributed by atoms with van der Waals surface area (Å²) in [5.74, 6) is -1.17. The number of ether oxygens (including phenoxy) is 2. The molecule has 1 heterocycles. The second-order valence-electron chi connectivity index (χ2n) is 3.08. The maximum absolute atomic E-state index is 10.6. The van der Waals surface area contributed by atoms with E-state index in [4.69, 9.17) is 14.6 Å². The van der Waals surface area contributed by atoms with Gasteiger partial charge in [0.05, 0.1) is 6.10 Å². The first-order valence-electron chi connectivity index (χ1n) is 4.42. The molecule has 3 N–H and O–H groups in total. The van der Waals surface area contributed by atoms with Crippen LogP contribution in [0.25, 0.3) is 0 Å². The Bertz CT molecular complexity index is 206. The van der Waals surface area contributed by atoms with E-state index in [-0.39, 0.29) is 13.0 Å². The Morgan fingerprint density at radius 2 is 2.21 bits per heavy atom. The third-order valence-corrected chi connectivity index (χ3v) is 2.03. The minimum absolute atomic E-state index is 0.125. The van der Waals surface area contributed by atoms with E-state index < -0.39 is 30.6 Å². The molecule has 0 aliphatic carbocycles. The van der Waals surface area contributed by atoms with Gasteiger partial charge in [-0.3, -0.25) is 0 Å². The van der Waals surface area contributed by atoms with Gasteiger partial charge in [0.15, 0.2) is 12.4 Å². The van der Waals surface area contributed by atoms with Gasteiger partial charge in [-0.25, -0.2) is 4.79 Å². The van der Waals surface area contributed by atoms with Crippen LogP contribution in [0.15, 0.2) is 0 Å². The molecular weight excluding hydrogens is 192 g/mol. The van der Waals surface area contributed by atoms with E-state index in [1.54, 1.807) is 6.92 Å². The van der Waals surface area contributed by atoms with Gasteiger partial charge in [-0.15, -0.1) is 0 Å². The highest BCUT2D eigenvalue weighted by atomic mass is 16.7. The quantitative estimate of drug-likeness (QED) is 0.545. The summed E-state index contributed by atoms with van der Waals surface area (Å²) < 4.78 is 9.89. The predicted molar refractivity (Wildman–Crippen MR) is 44.6 cm³/mol. The lowest BCUT2D eigenvalue weighted by molar-refractivity contribution is -0.264. The molecule has 14 heavy (non-hydrogen) atoms. The molecule has 1 aliphatic rings. The molecular formula is C8H14O6. The highest BCUT2D eigenvalue weighted by Gasteiger charge is 2.40. The Morgan fingerprint density at radius 3 is 2.71 bits per heavy atom. The topological polar surface area (TPSA) is 96.2 Å². The molecule has 0 aromatic heterocycles. The number of aliphatic carboxylic acids is 1. The average Bonchev–Trinajstić information content (AvgIpc) is 2.12. The normalized spacial score (nSPS) is 38.2. The van der Waals surface area contributed by atoms with Gasteiger partial charge in [-0.2, -0.15) is 0 Å². The SMILES string of the molecule is CCO[C@@H]1O[C@H](C(=O)O)C[C@@H](O)[C@H]1O. The minimum Gasteiger partial charge on any atom is -0.479 e. The van der Waals surface area contributed by atoms with Gasteiger partial charge in [0.25, 0.3) is 0 Å². The van der Waals surface area contributed by atoms with Gasteiger partial charge in [-0.1, -0.05) is 0 Å². The van der Waals surface area contributed by atoms with Crippen LogP contribution in [0, 0.1) is 0 Å². The second-order valence-corrected chi connectivity index (χ2v) is 3.08. The summed E-state index contributed by atoms with van der Waals surface area (Å²) in [6.45, 7) is 1.97. The van der Waals surface area contributed by atoms with Gasteiger partial charge in [0.2, 0.25) is 0 Å². The van der Waals surface area contributed by atoms with E-state index in [1.165, 1.54) is 0 Å². The van der Waals surface area contributed by atoms with E-state index in [0.717, 1.165) is 0 Å². The fourth-order valence-corrected chi connectivity index (χ4v) is 1.30. The number of hydrogen-bond donors (Lipinski definition) is 3. The van der Waals surface area contributed by atoms with Gasteiger partial charge in [0, 0.05) is 13.0 Å². The summed E-state index contributed by atoms with van der Waals surface area (Å²) in [5.41, 5.74) is 0. The summed E-state index contributed by atoms with van der Waals surface area (Å²) in [7, 11) is 0. The number of hydrogen-bond acceptors (Lipinski definition) is 5. The molecule has 0 saturated carbocycles. The third kappa shape index (κ3) is 2.42. The summed E-state index contributed by atoms with van der Waals surface area (Å²) in [5, 5.41) is 27.4. The summed E-state index contributed by atoms with van der Waals surface area (Å²) in [6, 6.07) is 0. The molecule has 0 unspecified atom stereocenters. The molecule has 0 radical (unpaired) electrons. The van der Waals surface area contributed by atoms with Crippen LogP contribution < -0.4 is 0 Å². The van der Waals surface area contributed by atoms with Crippen molar-refractivity contribution in [3.8, 4) is 0 Å². The summed E-state index contributed by atoms with van der Waals surface area (Å²) >= 11 is 0. The van der Waals surface area contributed by atoms with Crippen molar-refractivity contribution in [1.82, 2.24) is 0 Å². The summed E-state index contributed by atoms with van der Waals surface area (Å²) in [4.78, 5) is 10.6. The zero-order valence-corrected chi connectivity index (χ0v) is 7.79. The summed E-state index contributed by atoms with van der Waals surface area (Å²) in [6.07, 6.45) is -4.62. The van der Waals surface area contributed by atoms with E-state index in [2.05, 4.69) is 0 Å². The standard InChI is InChI=1S/C8H14O6/c1-2-13-8-6(10)4(9)3-5(14-8)7(11)12/h4-6,8-10H,2-3H2,1H3,(H,11,12)/t4-,5+,6-,8-/m1/s1. The Balaban J connectivity index is 2.61. The first kappa shape index (κ1) is 11.4. The predicted octanol–water partition coefficient (Wildman–Crippen LogP) is -1.06. The first-order chi connectivity index (χ1) is 6.56. The molecule has 0 amide bonds. The highest BCUT2D eigenvalue weighted by molar-refractivity contribution is 5.72. The maximum Gasteiger partial charge on any atom is 0.333 e. The largest absolute Gasteiger partial charge is 0.479 e. The van der Waals surface area contributed by atoms with Crippen molar-refractivity contribution >= 4 is 5.97 Å². The number of rotatable bonds is 3. The molecule has 0 spiro atoms. The fourth-order valence-electron chi connectivity index (χ4n) is 1.30. The van der Waals surface area contributed by atoms with E-state index in [1.807, 2.05) is 0 Å². The molecule has 1 saturated heterocycles. The number of aliphatic hydroxyl groups excluding tert-OH is 2. The van der Waals surface area contributed by atoms with Crippen molar-refractivity contribution in [2.45, 2.75) is 37.9 Å². The molecule has 6 nitrogen and oxygen atoms in total. The Kier molecular flexibility index (Phi) is 3.82. The van der Waals surface area contributed by atoms with Crippen LogP contribution in [0.3, 0.4) is 0 Å². The number of carboxylic acids is 1. The van der Waals surface area contributed by atoms with Crippen molar-refractivity contribution in [3.05, 3.63) is 0 Å². The van der Waals surface area contributed by atoms with Crippen molar-refractivity contribution in [2.75, 3.05) is 6.61 Å². The molecule has 4 atom stereocenters. The lowest BCUT2D eigenvalue weighted by Gasteiger charge is -2.34. The van der Waals surface area contributed by atoms with Crippen molar-refractivity contribution in [1.29, 1.82) is 0 Å². The van der Waals surface area contributed by atoms with Crippen molar-refractivity contribution in [3.63, 3.8) is 0 Å². The number of carboxylic acid groups (broad SMARTS) is 1. The van der Waals surface area contributed by atoms with Crippen LogP contribution in [0.1, 0.15) is 13.3 Å². The molecule has 1 fully saturated rings.